The fourth-order valence-electron chi connectivity index (χ4n) is 3.49. The number of rotatable bonds is 5. The molecule has 0 saturated carbocycles. The number of aromatic nitrogens is 2. The minimum atomic E-state index is 0.383. The Morgan fingerprint density at radius 2 is 1.93 bits per heavy atom. The van der Waals surface area contributed by atoms with Crippen molar-refractivity contribution < 1.29 is 4.74 Å². The molecule has 5 nitrogen and oxygen atoms in total. The van der Waals surface area contributed by atoms with Crippen LogP contribution in [0.25, 0.3) is 16.8 Å². The van der Waals surface area contributed by atoms with Crippen LogP contribution < -0.4 is 10.2 Å². The second kappa shape index (κ2) is 8.29. The number of anilines is 1. The molecular weight excluding hydrogens is 395 g/mol. The standard InChI is InChI=1S/C21H24Cl2N4O/c1-14(2)24-11-15-9-20-25-12-21(26-5-7-28-8-6-26)27(20)13-18(15)17-4-3-16(22)10-19(17)23/h3-4,9-10,12-14,24H,5-8,11H2,1-2H3. The summed E-state index contributed by atoms with van der Waals surface area (Å²) in [6, 6.07) is 8.17. The number of hydrogen-bond acceptors (Lipinski definition) is 4. The van der Waals surface area contributed by atoms with Gasteiger partial charge in [0.2, 0.25) is 0 Å². The van der Waals surface area contributed by atoms with Crippen molar-refractivity contribution in [2.75, 3.05) is 31.2 Å². The third-order valence-electron chi connectivity index (χ3n) is 4.97. The largest absolute Gasteiger partial charge is 0.378 e. The van der Waals surface area contributed by atoms with E-state index >= 15 is 0 Å². The third-order valence-corrected chi connectivity index (χ3v) is 5.52. The highest BCUT2D eigenvalue weighted by molar-refractivity contribution is 6.36. The van der Waals surface area contributed by atoms with Crippen molar-refractivity contribution in [3.63, 3.8) is 0 Å². The van der Waals surface area contributed by atoms with Crippen molar-refractivity contribution in [1.82, 2.24) is 14.7 Å². The molecule has 3 aromatic rings. The van der Waals surface area contributed by atoms with Crippen LogP contribution >= 0.6 is 23.2 Å². The van der Waals surface area contributed by atoms with Gasteiger partial charge in [0.25, 0.3) is 0 Å². The number of halogens is 2. The number of fused-ring (bicyclic) bond motifs is 1. The molecule has 1 aliphatic heterocycles. The number of nitrogens with one attached hydrogen (secondary N) is 1. The fourth-order valence-corrected chi connectivity index (χ4v) is 4.00. The van der Waals surface area contributed by atoms with Crippen LogP contribution in [0, 0.1) is 0 Å². The van der Waals surface area contributed by atoms with E-state index in [-0.39, 0.29) is 0 Å². The van der Waals surface area contributed by atoms with Gasteiger partial charge in [0.15, 0.2) is 0 Å². The molecule has 1 aliphatic rings. The van der Waals surface area contributed by atoms with E-state index in [0.717, 1.165) is 61.0 Å². The predicted octanol–water partition coefficient (Wildman–Crippen LogP) is 4.64. The van der Waals surface area contributed by atoms with Crippen LogP contribution in [0.15, 0.2) is 36.7 Å². The molecule has 1 N–H and O–H groups in total. The molecule has 1 saturated heterocycles. The summed E-state index contributed by atoms with van der Waals surface area (Å²) < 4.78 is 7.64. The summed E-state index contributed by atoms with van der Waals surface area (Å²) >= 11 is 12.7. The Bertz CT molecular complexity index is 980. The van der Waals surface area contributed by atoms with Gasteiger partial charge in [-0.25, -0.2) is 4.98 Å². The van der Waals surface area contributed by atoms with Crippen molar-refractivity contribution in [2.24, 2.45) is 0 Å². The number of morpholine rings is 1. The zero-order valence-corrected chi connectivity index (χ0v) is 17.6. The Hall–Kier alpha value is -1.79. The van der Waals surface area contributed by atoms with Gasteiger partial charge in [-0.15, -0.1) is 0 Å². The number of hydrogen-bond donors (Lipinski definition) is 1. The van der Waals surface area contributed by atoms with Crippen molar-refractivity contribution >= 4 is 34.7 Å². The van der Waals surface area contributed by atoms with E-state index in [1.54, 1.807) is 6.07 Å². The third kappa shape index (κ3) is 3.98. The molecule has 1 fully saturated rings. The lowest BCUT2D eigenvalue weighted by atomic mass is 10.0. The van der Waals surface area contributed by atoms with E-state index in [4.69, 9.17) is 27.9 Å². The Labute approximate surface area is 175 Å². The molecule has 28 heavy (non-hydrogen) atoms. The SMILES string of the molecule is CC(C)NCc1cc2ncc(N3CCOCC3)n2cc1-c1ccc(Cl)cc1Cl. The van der Waals surface area contributed by atoms with E-state index in [1.807, 2.05) is 18.3 Å². The molecule has 1 aromatic carbocycles. The summed E-state index contributed by atoms with van der Waals surface area (Å²) in [4.78, 5) is 6.96. The van der Waals surface area contributed by atoms with Crippen LogP contribution in [-0.4, -0.2) is 41.7 Å². The second-order valence-electron chi connectivity index (χ2n) is 7.32. The van der Waals surface area contributed by atoms with E-state index in [0.29, 0.717) is 16.1 Å². The lowest BCUT2D eigenvalue weighted by molar-refractivity contribution is 0.122. The van der Waals surface area contributed by atoms with Crippen LogP contribution in [0.1, 0.15) is 19.4 Å². The smallest absolute Gasteiger partial charge is 0.138 e. The Morgan fingerprint density at radius 3 is 2.64 bits per heavy atom. The highest BCUT2D eigenvalue weighted by Gasteiger charge is 2.18. The fraction of sp³-hybridized carbons (Fsp3) is 0.381. The minimum absolute atomic E-state index is 0.383. The zero-order valence-electron chi connectivity index (χ0n) is 16.1. The molecule has 4 rings (SSSR count). The van der Waals surface area contributed by atoms with Crippen LogP contribution in [0.4, 0.5) is 5.82 Å². The summed E-state index contributed by atoms with van der Waals surface area (Å²) in [6.45, 7) is 8.21. The maximum atomic E-state index is 6.56. The molecule has 3 heterocycles. The first-order valence-electron chi connectivity index (χ1n) is 9.54. The summed E-state index contributed by atoms with van der Waals surface area (Å²) in [5.74, 6) is 1.08. The molecule has 0 atom stereocenters. The lowest BCUT2D eigenvalue weighted by Gasteiger charge is -2.28. The van der Waals surface area contributed by atoms with Crippen molar-refractivity contribution in [1.29, 1.82) is 0 Å². The molecule has 0 spiro atoms. The van der Waals surface area contributed by atoms with Gasteiger partial charge in [0, 0.05) is 53.0 Å². The van der Waals surface area contributed by atoms with Crippen molar-refractivity contribution in [2.45, 2.75) is 26.4 Å². The molecule has 7 heteroatoms. The monoisotopic (exact) mass is 418 g/mol. The Morgan fingerprint density at radius 1 is 1.14 bits per heavy atom. The number of imidazole rings is 1. The van der Waals surface area contributed by atoms with Crippen LogP contribution in [0.3, 0.4) is 0 Å². The summed E-state index contributed by atoms with van der Waals surface area (Å²) in [5, 5.41) is 4.78. The average molecular weight is 419 g/mol. The first-order chi connectivity index (χ1) is 13.5. The topological polar surface area (TPSA) is 41.8 Å². The van der Waals surface area contributed by atoms with Crippen LogP contribution in [-0.2, 0) is 11.3 Å². The van der Waals surface area contributed by atoms with Gasteiger partial charge in [-0.2, -0.15) is 0 Å². The quantitative estimate of drug-likeness (QED) is 0.654. The number of nitrogens with zero attached hydrogens (tertiary/aromatic N) is 3. The minimum Gasteiger partial charge on any atom is -0.378 e. The summed E-state index contributed by atoms with van der Waals surface area (Å²) in [5.41, 5.74) is 4.13. The Balaban J connectivity index is 1.84. The van der Waals surface area contributed by atoms with Gasteiger partial charge in [0.1, 0.15) is 11.5 Å². The summed E-state index contributed by atoms with van der Waals surface area (Å²) in [6.07, 6.45) is 4.08. The van der Waals surface area contributed by atoms with Crippen LogP contribution in [0.2, 0.25) is 10.0 Å². The first-order valence-corrected chi connectivity index (χ1v) is 10.3. The summed E-state index contributed by atoms with van der Waals surface area (Å²) in [7, 11) is 0. The zero-order chi connectivity index (χ0) is 19.7. The van der Waals surface area contributed by atoms with Gasteiger partial charge in [-0.05, 0) is 23.8 Å². The first kappa shape index (κ1) is 19.5. The van der Waals surface area contributed by atoms with Gasteiger partial charge in [0.05, 0.1) is 19.4 Å². The molecular formula is C21H24Cl2N4O. The predicted molar refractivity (Wildman–Crippen MR) is 116 cm³/mol. The number of ether oxygens (including phenoxy) is 1. The molecule has 0 radical (unpaired) electrons. The van der Waals surface area contributed by atoms with Crippen molar-refractivity contribution in [3.05, 3.63) is 52.3 Å². The molecule has 2 aromatic heterocycles. The highest BCUT2D eigenvalue weighted by atomic mass is 35.5. The molecule has 148 valence electrons. The maximum Gasteiger partial charge on any atom is 0.138 e. The molecule has 0 amide bonds. The normalized spacial score (nSPS) is 15.0. The maximum absolute atomic E-state index is 6.56. The Kier molecular flexibility index (Phi) is 5.78. The highest BCUT2D eigenvalue weighted by Crippen LogP contribution is 2.34. The van der Waals surface area contributed by atoms with Crippen LogP contribution in [0.5, 0.6) is 0 Å². The second-order valence-corrected chi connectivity index (χ2v) is 8.16. The molecule has 0 aliphatic carbocycles. The van der Waals surface area contributed by atoms with Gasteiger partial charge >= 0.3 is 0 Å². The lowest BCUT2D eigenvalue weighted by Crippen LogP contribution is -2.36. The van der Waals surface area contributed by atoms with Gasteiger partial charge in [-0.1, -0.05) is 43.1 Å². The van der Waals surface area contributed by atoms with Gasteiger partial charge < -0.3 is 15.0 Å². The van der Waals surface area contributed by atoms with E-state index in [1.165, 1.54) is 0 Å². The number of benzene rings is 1. The molecule has 0 unspecified atom stereocenters. The molecule has 0 bridgehead atoms. The van der Waals surface area contributed by atoms with E-state index in [2.05, 4.69) is 45.7 Å². The number of pyridine rings is 1. The van der Waals surface area contributed by atoms with E-state index < -0.39 is 0 Å². The average Bonchev–Trinajstić information content (AvgIpc) is 3.09. The van der Waals surface area contributed by atoms with Gasteiger partial charge in [-0.3, -0.25) is 4.40 Å². The van der Waals surface area contributed by atoms with E-state index in [9.17, 15) is 0 Å². The van der Waals surface area contributed by atoms with Crippen molar-refractivity contribution in [3.8, 4) is 11.1 Å².